The van der Waals surface area contributed by atoms with Crippen molar-refractivity contribution in [3.8, 4) is 17.1 Å². The summed E-state index contributed by atoms with van der Waals surface area (Å²) in [7, 11) is 2.09. The molecule has 1 aliphatic heterocycles. The van der Waals surface area contributed by atoms with Crippen molar-refractivity contribution in [3.63, 3.8) is 0 Å². The minimum atomic E-state index is -0.0106. The molecule has 10 heteroatoms. The molecule has 1 aliphatic carbocycles. The number of aromatic nitrogens is 3. The van der Waals surface area contributed by atoms with E-state index in [2.05, 4.69) is 38.3 Å². The van der Waals surface area contributed by atoms with Gasteiger partial charge < -0.3 is 29.7 Å². The summed E-state index contributed by atoms with van der Waals surface area (Å²) in [5, 5.41) is 12.1. The summed E-state index contributed by atoms with van der Waals surface area (Å²) in [5.74, 6) is 1.24. The molecule has 1 amide bonds. The number of nitrogens with zero attached hydrogens (tertiary/aromatic N) is 5. The Balaban J connectivity index is 1.24. The van der Waals surface area contributed by atoms with Crippen LogP contribution in [0.25, 0.3) is 17.5 Å². The van der Waals surface area contributed by atoms with Gasteiger partial charge in [-0.05, 0) is 48.5 Å². The standard InChI is InChI=1S/C28H32N6O4/c1-33-8-10-34(11-9-33)27(36)22-16-20-2-3-23(18-21(20)17-22)31-28-30-7-5-25(32-28)26-19-24(4-6-29-26)38-15-14-37-13-12-35/h2-7,17-19,35H,8-16H2,1H3,(H,30,31,32). The van der Waals surface area contributed by atoms with Crippen molar-refractivity contribution in [2.45, 2.75) is 6.42 Å². The Labute approximate surface area is 221 Å². The highest BCUT2D eigenvalue weighted by Gasteiger charge is 2.25. The number of benzene rings is 1. The second-order valence-corrected chi connectivity index (χ2v) is 9.31. The molecule has 38 heavy (non-hydrogen) atoms. The lowest BCUT2D eigenvalue weighted by atomic mass is 10.1. The molecule has 0 bridgehead atoms. The van der Waals surface area contributed by atoms with Gasteiger partial charge in [-0.15, -0.1) is 0 Å². The third-order valence-electron chi connectivity index (χ3n) is 6.56. The molecular weight excluding hydrogens is 484 g/mol. The van der Waals surface area contributed by atoms with Crippen LogP contribution in [0, 0.1) is 0 Å². The minimum absolute atomic E-state index is 0.0106. The fraction of sp³-hybridized carbons (Fsp3) is 0.357. The smallest absolute Gasteiger partial charge is 0.250 e. The molecule has 10 nitrogen and oxygen atoms in total. The maximum Gasteiger partial charge on any atom is 0.250 e. The monoisotopic (exact) mass is 516 g/mol. The third kappa shape index (κ3) is 6.34. The number of nitrogens with one attached hydrogen (secondary N) is 1. The highest BCUT2D eigenvalue weighted by atomic mass is 16.5. The molecule has 3 heterocycles. The van der Waals surface area contributed by atoms with E-state index >= 15 is 0 Å². The van der Waals surface area contributed by atoms with Crippen molar-refractivity contribution in [1.29, 1.82) is 0 Å². The van der Waals surface area contributed by atoms with E-state index in [9.17, 15) is 4.79 Å². The van der Waals surface area contributed by atoms with Gasteiger partial charge in [0.25, 0.3) is 0 Å². The number of fused-ring (bicyclic) bond motifs is 1. The fourth-order valence-electron chi connectivity index (χ4n) is 4.48. The van der Waals surface area contributed by atoms with Gasteiger partial charge in [-0.3, -0.25) is 9.78 Å². The molecule has 0 radical (unpaired) electrons. The Morgan fingerprint density at radius 2 is 1.84 bits per heavy atom. The highest BCUT2D eigenvalue weighted by Crippen LogP contribution is 2.30. The zero-order valence-corrected chi connectivity index (χ0v) is 21.5. The van der Waals surface area contributed by atoms with Gasteiger partial charge in [-0.2, -0.15) is 0 Å². The zero-order chi connectivity index (χ0) is 26.3. The maximum absolute atomic E-state index is 13.0. The summed E-state index contributed by atoms with van der Waals surface area (Å²) < 4.78 is 10.9. The van der Waals surface area contributed by atoms with Crippen LogP contribution in [0.15, 0.2) is 54.4 Å². The van der Waals surface area contributed by atoms with Gasteiger partial charge in [0.05, 0.1) is 31.2 Å². The summed E-state index contributed by atoms with van der Waals surface area (Å²) in [4.78, 5) is 30.6. The zero-order valence-electron chi connectivity index (χ0n) is 21.5. The Morgan fingerprint density at radius 1 is 1.00 bits per heavy atom. The molecule has 2 N–H and O–H groups in total. The van der Waals surface area contributed by atoms with E-state index in [1.807, 2.05) is 29.2 Å². The molecule has 2 aromatic heterocycles. The number of hydrogen-bond donors (Lipinski definition) is 2. The van der Waals surface area contributed by atoms with Gasteiger partial charge >= 0.3 is 0 Å². The number of rotatable bonds is 10. The van der Waals surface area contributed by atoms with Crippen LogP contribution >= 0.6 is 0 Å². The molecule has 0 saturated carbocycles. The van der Waals surface area contributed by atoms with Gasteiger partial charge in [-0.25, -0.2) is 9.97 Å². The SMILES string of the molecule is CN1CCN(C(=O)C2=Cc3cc(Nc4nccc(-c5cc(OCCOCCO)ccn5)n4)ccc3C2)CC1. The van der Waals surface area contributed by atoms with Crippen molar-refractivity contribution < 1.29 is 19.4 Å². The number of carbonyl (C=O) groups is 1. The normalized spacial score (nSPS) is 15.2. The summed E-state index contributed by atoms with van der Waals surface area (Å²) >= 11 is 0. The van der Waals surface area contributed by atoms with E-state index in [0.29, 0.717) is 42.7 Å². The van der Waals surface area contributed by atoms with Crippen LogP contribution in [-0.2, 0) is 16.0 Å². The first kappa shape index (κ1) is 25.8. The van der Waals surface area contributed by atoms with Gasteiger partial charge in [0.1, 0.15) is 12.4 Å². The summed E-state index contributed by atoms with van der Waals surface area (Å²) in [6.07, 6.45) is 6.01. The van der Waals surface area contributed by atoms with Gasteiger partial charge in [0, 0.05) is 62.3 Å². The molecule has 1 aromatic carbocycles. The van der Waals surface area contributed by atoms with Crippen molar-refractivity contribution in [2.24, 2.45) is 0 Å². The molecule has 5 rings (SSSR count). The van der Waals surface area contributed by atoms with Crippen LogP contribution in [0.2, 0.25) is 0 Å². The van der Waals surface area contributed by atoms with E-state index in [4.69, 9.17) is 14.6 Å². The van der Waals surface area contributed by atoms with Crippen molar-refractivity contribution in [2.75, 3.05) is 65.0 Å². The predicted octanol–water partition coefficient (Wildman–Crippen LogP) is 2.38. The van der Waals surface area contributed by atoms with Gasteiger partial charge in [-0.1, -0.05) is 6.07 Å². The third-order valence-corrected chi connectivity index (χ3v) is 6.56. The van der Waals surface area contributed by atoms with Crippen molar-refractivity contribution in [3.05, 3.63) is 65.5 Å². The fourth-order valence-corrected chi connectivity index (χ4v) is 4.48. The average molecular weight is 517 g/mol. The number of piperazine rings is 1. The second kappa shape index (κ2) is 12.1. The summed E-state index contributed by atoms with van der Waals surface area (Å²) in [6.45, 7) is 4.40. The second-order valence-electron chi connectivity index (χ2n) is 9.31. The van der Waals surface area contributed by atoms with Crippen LogP contribution in [0.1, 0.15) is 11.1 Å². The number of aliphatic hydroxyl groups excluding tert-OH is 1. The molecule has 3 aromatic rings. The largest absolute Gasteiger partial charge is 0.491 e. The number of likely N-dealkylation sites (N-methyl/N-ethyl adjacent to an activating group) is 1. The highest BCUT2D eigenvalue weighted by molar-refractivity contribution is 6.00. The van der Waals surface area contributed by atoms with Crippen LogP contribution in [0.5, 0.6) is 5.75 Å². The van der Waals surface area contributed by atoms with E-state index < -0.39 is 0 Å². The number of hydrogen-bond acceptors (Lipinski definition) is 9. The Morgan fingerprint density at radius 3 is 2.68 bits per heavy atom. The van der Waals surface area contributed by atoms with E-state index in [0.717, 1.165) is 48.6 Å². The first-order valence-electron chi connectivity index (χ1n) is 12.8. The maximum atomic E-state index is 13.0. The summed E-state index contributed by atoms with van der Waals surface area (Å²) in [5.41, 5.74) is 5.19. The average Bonchev–Trinajstić information content (AvgIpc) is 3.37. The van der Waals surface area contributed by atoms with Crippen LogP contribution in [0.3, 0.4) is 0 Å². The molecule has 1 saturated heterocycles. The topological polar surface area (TPSA) is 113 Å². The quantitative estimate of drug-likeness (QED) is 0.392. The Kier molecular flexibility index (Phi) is 8.22. The molecule has 198 valence electrons. The molecule has 2 aliphatic rings. The predicted molar refractivity (Wildman–Crippen MR) is 144 cm³/mol. The van der Waals surface area contributed by atoms with Crippen LogP contribution < -0.4 is 10.1 Å². The number of pyridine rings is 1. The first-order valence-corrected chi connectivity index (χ1v) is 12.8. The Hall–Kier alpha value is -3.86. The number of anilines is 2. The van der Waals surface area contributed by atoms with Gasteiger partial charge in [0.2, 0.25) is 11.9 Å². The summed E-state index contributed by atoms with van der Waals surface area (Å²) in [6, 6.07) is 11.4. The molecule has 0 spiro atoms. The lowest BCUT2D eigenvalue weighted by Gasteiger charge is -2.32. The minimum Gasteiger partial charge on any atom is -0.491 e. The molecule has 0 unspecified atom stereocenters. The van der Waals surface area contributed by atoms with Crippen LogP contribution in [-0.4, -0.2) is 95.4 Å². The first-order chi connectivity index (χ1) is 18.6. The Bertz CT molecular complexity index is 1310. The van der Waals surface area contributed by atoms with Crippen LogP contribution in [0.4, 0.5) is 11.6 Å². The number of carbonyl (C=O) groups excluding carboxylic acids is 1. The number of amides is 1. The van der Waals surface area contributed by atoms with E-state index in [1.54, 1.807) is 24.5 Å². The van der Waals surface area contributed by atoms with Crippen molar-refractivity contribution >= 4 is 23.6 Å². The molecular formula is C28H32N6O4. The number of ether oxygens (including phenoxy) is 2. The lowest BCUT2D eigenvalue weighted by Crippen LogP contribution is -2.47. The van der Waals surface area contributed by atoms with E-state index in [1.165, 1.54) is 0 Å². The number of aliphatic hydroxyl groups is 1. The van der Waals surface area contributed by atoms with Gasteiger partial charge in [0.15, 0.2) is 0 Å². The lowest BCUT2D eigenvalue weighted by molar-refractivity contribution is -0.128. The van der Waals surface area contributed by atoms with Crippen molar-refractivity contribution in [1.82, 2.24) is 24.8 Å². The molecule has 1 fully saturated rings. The molecule has 0 atom stereocenters. The van der Waals surface area contributed by atoms with E-state index in [-0.39, 0.29) is 19.1 Å².